The van der Waals surface area contributed by atoms with Crippen LogP contribution >= 0.6 is 0 Å². The molecule has 3 fully saturated rings. The van der Waals surface area contributed by atoms with Crippen LogP contribution < -0.4 is 0 Å². The van der Waals surface area contributed by atoms with Gasteiger partial charge in [-0.2, -0.15) is 0 Å². The average molecular weight is 408 g/mol. The van der Waals surface area contributed by atoms with Crippen molar-refractivity contribution in [3.63, 3.8) is 0 Å². The third kappa shape index (κ3) is 5.20. The molecule has 10 heteroatoms. The van der Waals surface area contributed by atoms with E-state index in [0.29, 0.717) is 0 Å². The van der Waals surface area contributed by atoms with Gasteiger partial charge in [-0.05, 0) is 6.42 Å². The molecule has 3 rings (SSSR count). The van der Waals surface area contributed by atoms with Gasteiger partial charge in [-0.15, -0.1) is 0 Å². The van der Waals surface area contributed by atoms with Gasteiger partial charge in [0.05, 0.1) is 62.5 Å². The Kier molecular flexibility index (Phi) is 7.65. The molecule has 3 aliphatic heterocycles. The smallest absolute Gasteiger partial charge is 0.103 e. The van der Waals surface area contributed by atoms with Crippen LogP contribution in [-0.2, 0) is 14.2 Å². The van der Waals surface area contributed by atoms with Crippen LogP contribution in [0, 0.1) is 5.92 Å². The van der Waals surface area contributed by atoms with Gasteiger partial charge in [0.2, 0.25) is 0 Å². The van der Waals surface area contributed by atoms with Crippen LogP contribution in [0.2, 0.25) is 0 Å². The first-order valence-electron chi connectivity index (χ1n) is 9.87. The molecule has 0 saturated carbocycles. The second kappa shape index (κ2) is 9.61. The molecule has 0 radical (unpaired) electrons. The summed E-state index contributed by atoms with van der Waals surface area (Å²) in [7, 11) is 0. The van der Waals surface area contributed by atoms with E-state index in [9.17, 15) is 35.7 Å². The minimum absolute atomic E-state index is 0.0215. The van der Waals surface area contributed by atoms with Gasteiger partial charge in [0.1, 0.15) is 18.3 Å². The zero-order chi connectivity index (χ0) is 20.4. The maximum atomic E-state index is 11.0. The van der Waals surface area contributed by atoms with Crippen LogP contribution in [0.25, 0.3) is 0 Å². The SMILES string of the molecule is OC1COC(CC(C2CC(O)C(O)CO2)C(O)C2CC(O)C(O)CO2)CC1O. The number of aliphatic hydroxyl groups excluding tert-OH is 7. The molecule has 0 aromatic carbocycles. The molecule has 7 N–H and O–H groups in total. The minimum Gasteiger partial charge on any atom is -0.390 e. The van der Waals surface area contributed by atoms with Gasteiger partial charge >= 0.3 is 0 Å². The molecule has 3 aliphatic rings. The largest absolute Gasteiger partial charge is 0.390 e. The van der Waals surface area contributed by atoms with E-state index in [2.05, 4.69) is 0 Å². The Balaban J connectivity index is 1.70. The summed E-state index contributed by atoms with van der Waals surface area (Å²) in [4.78, 5) is 0. The Morgan fingerprint density at radius 3 is 1.61 bits per heavy atom. The second-order valence-electron chi connectivity index (χ2n) is 8.20. The minimum atomic E-state index is -1.08. The first kappa shape index (κ1) is 22.3. The first-order chi connectivity index (χ1) is 13.3. The van der Waals surface area contributed by atoms with E-state index in [0.717, 1.165) is 0 Å². The van der Waals surface area contributed by atoms with Crippen molar-refractivity contribution in [3.05, 3.63) is 0 Å². The summed E-state index contributed by atoms with van der Waals surface area (Å²) in [5.74, 6) is -0.568. The highest BCUT2D eigenvalue weighted by Crippen LogP contribution is 2.33. The molecule has 11 unspecified atom stereocenters. The highest BCUT2D eigenvalue weighted by molar-refractivity contribution is 4.93. The zero-order valence-corrected chi connectivity index (χ0v) is 15.7. The Bertz CT molecular complexity index is 493. The van der Waals surface area contributed by atoms with Gasteiger partial charge in [0.25, 0.3) is 0 Å². The van der Waals surface area contributed by atoms with Crippen molar-refractivity contribution in [2.45, 2.75) is 86.7 Å². The van der Waals surface area contributed by atoms with Gasteiger partial charge in [-0.25, -0.2) is 0 Å². The van der Waals surface area contributed by atoms with E-state index in [1.807, 2.05) is 0 Å². The van der Waals surface area contributed by atoms with E-state index in [4.69, 9.17) is 14.2 Å². The lowest BCUT2D eigenvalue weighted by molar-refractivity contribution is -0.197. The highest BCUT2D eigenvalue weighted by atomic mass is 16.5. The van der Waals surface area contributed by atoms with Crippen molar-refractivity contribution in [1.82, 2.24) is 0 Å². The number of hydrogen-bond donors (Lipinski definition) is 7. The number of rotatable bonds is 5. The van der Waals surface area contributed by atoms with E-state index in [1.54, 1.807) is 0 Å². The van der Waals surface area contributed by atoms with Crippen LogP contribution in [0.3, 0.4) is 0 Å². The van der Waals surface area contributed by atoms with Crippen LogP contribution in [0.4, 0.5) is 0 Å². The Morgan fingerprint density at radius 2 is 1.07 bits per heavy atom. The molecule has 0 aromatic rings. The topological polar surface area (TPSA) is 169 Å². The summed E-state index contributed by atoms with van der Waals surface area (Å²) >= 11 is 0. The Labute approximate surface area is 163 Å². The quantitative estimate of drug-likeness (QED) is 0.247. The molecule has 0 aliphatic carbocycles. The summed E-state index contributed by atoms with van der Waals surface area (Å²) < 4.78 is 16.8. The fraction of sp³-hybridized carbons (Fsp3) is 1.00. The molecule has 10 nitrogen and oxygen atoms in total. The molecule has 0 bridgehead atoms. The standard InChI is InChI=1S/C18H32O10/c19-10-2-8(26-5-13(10)22)1-9(16-3-11(20)14(23)6-27-16)18(25)17-4-12(21)15(24)7-28-17/h8-25H,1-7H2. The molecule has 164 valence electrons. The van der Waals surface area contributed by atoms with Crippen molar-refractivity contribution in [3.8, 4) is 0 Å². The maximum Gasteiger partial charge on any atom is 0.103 e. The predicted molar refractivity (Wildman–Crippen MR) is 93.2 cm³/mol. The molecular formula is C18H32O10. The van der Waals surface area contributed by atoms with Gasteiger partial charge in [-0.1, -0.05) is 0 Å². The van der Waals surface area contributed by atoms with Crippen molar-refractivity contribution in [2.75, 3.05) is 19.8 Å². The van der Waals surface area contributed by atoms with Gasteiger partial charge < -0.3 is 50.0 Å². The third-order valence-corrected chi connectivity index (χ3v) is 6.08. The van der Waals surface area contributed by atoms with Crippen molar-refractivity contribution < 1.29 is 50.0 Å². The highest BCUT2D eigenvalue weighted by Gasteiger charge is 2.44. The van der Waals surface area contributed by atoms with Crippen molar-refractivity contribution in [2.24, 2.45) is 5.92 Å². The molecule has 0 amide bonds. The van der Waals surface area contributed by atoms with Gasteiger partial charge in [0, 0.05) is 25.2 Å². The summed E-state index contributed by atoms with van der Waals surface area (Å²) in [6, 6.07) is 0. The van der Waals surface area contributed by atoms with Gasteiger partial charge in [-0.3, -0.25) is 0 Å². The molecule has 3 saturated heterocycles. The molecule has 3 heterocycles. The number of aliphatic hydroxyl groups is 7. The predicted octanol–water partition coefficient (Wildman–Crippen LogP) is -3.11. The fourth-order valence-electron chi connectivity index (χ4n) is 4.22. The van der Waals surface area contributed by atoms with Crippen LogP contribution in [-0.4, -0.2) is 117 Å². The third-order valence-electron chi connectivity index (χ3n) is 6.08. The Hall–Kier alpha value is -0.400. The van der Waals surface area contributed by atoms with E-state index >= 15 is 0 Å². The first-order valence-corrected chi connectivity index (χ1v) is 9.87. The summed E-state index contributed by atoms with van der Waals surface area (Å²) in [5.41, 5.74) is 0. The monoisotopic (exact) mass is 408 g/mol. The summed E-state index contributed by atoms with van der Waals surface area (Å²) in [6.07, 6.45) is -8.14. The summed E-state index contributed by atoms with van der Waals surface area (Å²) in [5, 5.41) is 69.8. The lowest BCUT2D eigenvalue weighted by atomic mass is 9.80. The normalized spacial score (nSPS) is 47.5. The molecular weight excluding hydrogens is 376 g/mol. The molecule has 11 atom stereocenters. The summed E-state index contributed by atoms with van der Waals surface area (Å²) in [6.45, 7) is -0.200. The van der Waals surface area contributed by atoms with Crippen LogP contribution in [0.15, 0.2) is 0 Å². The van der Waals surface area contributed by atoms with E-state index in [-0.39, 0.29) is 45.5 Å². The fourth-order valence-corrected chi connectivity index (χ4v) is 4.22. The number of hydrogen-bond acceptors (Lipinski definition) is 10. The van der Waals surface area contributed by atoms with Crippen molar-refractivity contribution >= 4 is 0 Å². The van der Waals surface area contributed by atoms with E-state index < -0.39 is 67.0 Å². The second-order valence-corrected chi connectivity index (χ2v) is 8.20. The zero-order valence-electron chi connectivity index (χ0n) is 15.7. The Morgan fingerprint density at radius 1 is 0.607 bits per heavy atom. The molecule has 0 spiro atoms. The molecule has 28 heavy (non-hydrogen) atoms. The lowest BCUT2D eigenvalue weighted by Crippen LogP contribution is -2.53. The molecule has 0 aromatic heterocycles. The lowest BCUT2D eigenvalue weighted by Gasteiger charge is -2.43. The van der Waals surface area contributed by atoms with Gasteiger partial charge in [0.15, 0.2) is 0 Å². The van der Waals surface area contributed by atoms with Crippen molar-refractivity contribution in [1.29, 1.82) is 0 Å². The average Bonchev–Trinajstić information content (AvgIpc) is 2.66. The maximum absolute atomic E-state index is 11.0. The van der Waals surface area contributed by atoms with E-state index in [1.165, 1.54) is 0 Å². The van der Waals surface area contributed by atoms with Crippen LogP contribution in [0.1, 0.15) is 25.7 Å². The van der Waals surface area contributed by atoms with Crippen LogP contribution in [0.5, 0.6) is 0 Å². The number of ether oxygens (including phenoxy) is 3.